The largest absolute Gasteiger partial charge is 0.432 e. The van der Waals surface area contributed by atoms with E-state index in [0.29, 0.717) is 11.7 Å². The summed E-state index contributed by atoms with van der Waals surface area (Å²) in [6, 6.07) is 6.98. The van der Waals surface area contributed by atoms with E-state index in [1.807, 2.05) is 24.3 Å². The van der Waals surface area contributed by atoms with Crippen molar-refractivity contribution in [1.82, 2.24) is 15.3 Å². The van der Waals surface area contributed by atoms with Gasteiger partial charge in [0.15, 0.2) is 0 Å². The van der Waals surface area contributed by atoms with E-state index in [1.165, 1.54) is 0 Å². The molecule has 0 aliphatic carbocycles. The second-order valence-electron chi connectivity index (χ2n) is 4.41. The minimum atomic E-state index is -0.447. The summed E-state index contributed by atoms with van der Waals surface area (Å²) in [4.78, 5) is 30.0. The van der Waals surface area contributed by atoms with Gasteiger partial charge in [0, 0.05) is 6.54 Å². The van der Waals surface area contributed by atoms with Crippen molar-refractivity contribution in [1.29, 1.82) is 0 Å². The molecule has 2 aromatic rings. The van der Waals surface area contributed by atoms with Gasteiger partial charge in [0.2, 0.25) is 5.95 Å². The zero-order valence-corrected chi connectivity index (χ0v) is 11.6. The molecule has 1 aromatic heterocycles. The SMILES string of the molecule is C=C(C)OC(=O)CCNC(=O)Nc1nc2ccccc2[nH]1. The van der Waals surface area contributed by atoms with E-state index in [4.69, 9.17) is 4.74 Å². The first-order chi connectivity index (χ1) is 10.0. The van der Waals surface area contributed by atoms with E-state index < -0.39 is 12.0 Å². The normalized spacial score (nSPS) is 10.1. The van der Waals surface area contributed by atoms with Crippen molar-refractivity contribution in [2.45, 2.75) is 13.3 Å². The lowest BCUT2D eigenvalue weighted by Gasteiger charge is -2.05. The van der Waals surface area contributed by atoms with Crippen molar-refractivity contribution >= 4 is 29.0 Å². The number of aromatic amines is 1. The molecule has 21 heavy (non-hydrogen) atoms. The van der Waals surface area contributed by atoms with Gasteiger partial charge in [-0.15, -0.1) is 0 Å². The van der Waals surface area contributed by atoms with Gasteiger partial charge in [-0.2, -0.15) is 0 Å². The van der Waals surface area contributed by atoms with Gasteiger partial charge in [-0.05, 0) is 19.1 Å². The van der Waals surface area contributed by atoms with Crippen LogP contribution in [0.25, 0.3) is 11.0 Å². The number of esters is 1. The maximum Gasteiger partial charge on any atom is 0.321 e. The van der Waals surface area contributed by atoms with Gasteiger partial charge in [-0.1, -0.05) is 18.7 Å². The van der Waals surface area contributed by atoms with E-state index >= 15 is 0 Å². The van der Waals surface area contributed by atoms with Crippen LogP contribution in [0.1, 0.15) is 13.3 Å². The highest BCUT2D eigenvalue weighted by Gasteiger charge is 2.08. The Bertz CT molecular complexity index is 645. The number of benzene rings is 1. The van der Waals surface area contributed by atoms with Gasteiger partial charge >= 0.3 is 12.0 Å². The lowest BCUT2D eigenvalue weighted by molar-refractivity contribution is -0.139. The van der Waals surface area contributed by atoms with Gasteiger partial charge in [0.25, 0.3) is 0 Å². The van der Waals surface area contributed by atoms with E-state index in [1.54, 1.807) is 6.92 Å². The van der Waals surface area contributed by atoms with E-state index in [2.05, 4.69) is 27.2 Å². The Morgan fingerprint density at radius 2 is 2.14 bits per heavy atom. The molecule has 110 valence electrons. The highest BCUT2D eigenvalue weighted by molar-refractivity contribution is 5.90. The van der Waals surface area contributed by atoms with Crippen molar-refractivity contribution in [3.05, 3.63) is 36.6 Å². The third-order valence-electron chi connectivity index (χ3n) is 2.52. The molecular weight excluding hydrogens is 272 g/mol. The summed E-state index contributed by atoms with van der Waals surface area (Å²) >= 11 is 0. The number of urea groups is 1. The van der Waals surface area contributed by atoms with E-state index in [9.17, 15) is 9.59 Å². The fourth-order valence-corrected chi connectivity index (χ4v) is 1.69. The zero-order chi connectivity index (χ0) is 15.2. The van der Waals surface area contributed by atoms with Crippen LogP contribution in [0, 0.1) is 0 Å². The Morgan fingerprint density at radius 3 is 2.86 bits per heavy atom. The minimum Gasteiger partial charge on any atom is -0.432 e. The van der Waals surface area contributed by atoms with E-state index in [-0.39, 0.29) is 13.0 Å². The zero-order valence-electron chi connectivity index (χ0n) is 11.6. The topological polar surface area (TPSA) is 96.1 Å². The molecule has 0 saturated heterocycles. The van der Waals surface area contributed by atoms with Crippen molar-refractivity contribution in [3.63, 3.8) is 0 Å². The summed E-state index contributed by atoms with van der Waals surface area (Å²) in [5.74, 6) is 0.233. The highest BCUT2D eigenvalue weighted by Crippen LogP contribution is 2.12. The molecule has 1 heterocycles. The number of hydrogen-bond acceptors (Lipinski definition) is 4. The van der Waals surface area contributed by atoms with Crippen LogP contribution in [-0.2, 0) is 9.53 Å². The molecule has 0 fully saturated rings. The van der Waals surface area contributed by atoms with Crippen molar-refractivity contribution < 1.29 is 14.3 Å². The Hall–Kier alpha value is -2.83. The number of carbonyl (C=O) groups excluding carboxylic acids is 2. The Kier molecular flexibility index (Phi) is 4.55. The molecule has 0 atom stereocenters. The predicted molar refractivity (Wildman–Crippen MR) is 78.6 cm³/mol. The fraction of sp³-hybridized carbons (Fsp3) is 0.214. The van der Waals surface area contributed by atoms with Crippen LogP contribution in [-0.4, -0.2) is 28.5 Å². The quantitative estimate of drug-likeness (QED) is 0.580. The van der Waals surface area contributed by atoms with Crippen molar-refractivity contribution in [2.24, 2.45) is 0 Å². The van der Waals surface area contributed by atoms with Gasteiger partial charge in [-0.3, -0.25) is 10.1 Å². The number of para-hydroxylation sites is 2. The number of aromatic nitrogens is 2. The second-order valence-corrected chi connectivity index (χ2v) is 4.41. The molecule has 0 bridgehead atoms. The number of H-pyrrole nitrogens is 1. The molecule has 0 aliphatic heterocycles. The molecule has 0 unspecified atom stereocenters. The van der Waals surface area contributed by atoms with Crippen molar-refractivity contribution in [2.75, 3.05) is 11.9 Å². The van der Waals surface area contributed by atoms with Crippen LogP contribution in [0.4, 0.5) is 10.7 Å². The van der Waals surface area contributed by atoms with Crippen LogP contribution in [0.15, 0.2) is 36.6 Å². The number of nitrogens with zero attached hydrogens (tertiary/aromatic N) is 1. The molecule has 0 radical (unpaired) electrons. The first-order valence-electron chi connectivity index (χ1n) is 6.40. The molecule has 1 aromatic carbocycles. The number of amides is 2. The molecule has 2 rings (SSSR count). The first-order valence-corrected chi connectivity index (χ1v) is 6.40. The minimum absolute atomic E-state index is 0.0699. The van der Waals surface area contributed by atoms with Crippen LogP contribution < -0.4 is 10.6 Å². The fourth-order valence-electron chi connectivity index (χ4n) is 1.69. The average Bonchev–Trinajstić information content (AvgIpc) is 2.79. The molecule has 0 aliphatic rings. The lowest BCUT2D eigenvalue weighted by atomic mass is 10.3. The highest BCUT2D eigenvalue weighted by atomic mass is 16.5. The van der Waals surface area contributed by atoms with Gasteiger partial charge in [0.1, 0.15) is 0 Å². The van der Waals surface area contributed by atoms with Crippen LogP contribution in [0.3, 0.4) is 0 Å². The number of ether oxygens (including phenoxy) is 1. The predicted octanol–water partition coefficient (Wildman–Crippen LogP) is 2.15. The number of carbonyl (C=O) groups is 2. The maximum atomic E-state index is 11.6. The van der Waals surface area contributed by atoms with Gasteiger partial charge < -0.3 is 15.0 Å². The standard InChI is InChI=1S/C14H16N4O3/c1-9(2)21-12(19)7-8-15-14(20)18-13-16-10-5-3-4-6-11(10)17-13/h3-6H,1,7-8H2,2H3,(H3,15,16,17,18,20). The summed E-state index contributed by atoms with van der Waals surface area (Å²) in [5, 5.41) is 5.10. The second kappa shape index (κ2) is 6.56. The Morgan fingerprint density at radius 1 is 1.38 bits per heavy atom. The monoisotopic (exact) mass is 288 g/mol. The van der Waals surface area contributed by atoms with Crippen LogP contribution in [0.2, 0.25) is 0 Å². The molecule has 7 heteroatoms. The summed E-state index contributed by atoms with van der Waals surface area (Å²) in [6.45, 7) is 5.21. The van der Waals surface area contributed by atoms with Crippen LogP contribution >= 0.6 is 0 Å². The van der Waals surface area contributed by atoms with Gasteiger partial charge in [0.05, 0.1) is 23.2 Å². The Balaban J connectivity index is 1.79. The third-order valence-corrected chi connectivity index (χ3v) is 2.52. The van der Waals surface area contributed by atoms with E-state index in [0.717, 1.165) is 11.0 Å². The summed E-state index contributed by atoms with van der Waals surface area (Å²) in [7, 11) is 0. The number of imidazole rings is 1. The average molecular weight is 288 g/mol. The Labute approximate surface area is 121 Å². The summed E-state index contributed by atoms with van der Waals surface area (Å²) < 4.78 is 4.77. The van der Waals surface area contributed by atoms with Crippen LogP contribution in [0.5, 0.6) is 0 Å². The van der Waals surface area contributed by atoms with Gasteiger partial charge in [-0.25, -0.2) is 9.78 Å². The number of fused-ring (bicyclic) bond motifs is 1. The lowest BCUT2D eigenvalue weighted by Crippen LogP contribution is -2.31. The summed E-state index contributed by atoms with van der Waals surface area (Å²) in [6.07, 6.45) is 0.0699. The molecule has 0 saturated carbocycles. The first kappa shape index (κ1) is 14.6. The molecule has 0 spiro atoms. The molecule has 7 nitrogen and oxygen atoms in total. The molecule has 2 amide bonds. The smallest absolute Gasteiger partial charge is 0.321 e. The third kappa shape index (κ3) is 4.34. The number of anilines is 1. The molecular formula is C14H16N4O3. The van der Waals surface area contributed by atoms with Crippen molar-refractivity contribution in [3.8, 4) is 0 Å². The number of nitrogens with one attached hydrogen (secondary N) is 3. The number of allylic oxidation sites excluding steroid dienone is 1. The molecule has 3 N–H and O–H groups in total. The summed E-state index contributed by atoms with van der Waals surface area (Å²) in [5.41, 5.74) is 1.59. The maximum absolute atomic E-state index is 11.6. The number of rotatable bonds is 5. The number of hydrogen-bond donors (Lipinski definition) is 3.